The Labute approximate surface area is 127 Å². The number of ketones is 1. The van der Waals surface area contributed by atoms with Crippen LogP contribution < -0.4 is 9.47 Å². The van der Waals surface area contributed by atoms with Crippen molar-refractivity contribution in [3.05, 3.63) is 58.5 Å². The highest BCUT2D eigenvalue weighted by Gasteiger charge is 2.25. The van der Waals surface area contributed by atoms with Gasteiger partial charge in [0.15, 0.2) is 0 Å². The number of hydrogen-bond donors (Lipinski definition) is 0. The van der Waals surface area contributed by atoms with Crippen molar-refractivity contribution in [1.29, 1.82) is 0 Å². The van der Waals surface area contributed by atoms with Gasteiger partial charge in [-0.25, -0.2) is 0 Å². The molecular weight excluding hydrogens is 284 g/mol. The second-order valence-corrected chi connectivity index (χ2v) is 5.63. The van der Waals surface area contributed by atoms with Gasteiger partial charge in [0.25, 0.3) is 0 Å². The Morgan fingerprint density at radius 2 is 1.86 bits per heavy atom. The minimum Gasteiger partial charge on any atom is -0.497 e. The topological polar surface area (TPSA) is 35.5 Å². The third-order valence-electron chi connectivity index (χ3n) is 3.30. The lowest BCUT2D eigenvalue weighted by atomic mass is 10.1. The minimum absolute atomic E-state index is 0.0560. The maximum Gasteiger partial charge on any atom is 0.200 e. The third-order valence-corrected chi connectivity index (χ3v) is 4.40. The summed E-state index contributed by atoms with van der Waals surface area (Å²) in [6, 6.07) is 13.2. The third kappa shape index (κ3) is 2.54. The van der Waals surface area contributed by atoms with E-state index in [0.29, 0.717) is 10.7 Å². The second-order valence-electron chi connectivity index (χ2n) is 4.54. The molecule has 21 heavy (non-hydrogen) atoms. The molecule has 0 saturated carbocycles. The highest BCUT2D eigenvalue weighted by atomic mass is 32.2. The van der Waals surface area contributed by atoms with Crippen LogP contribution in [0.4, 0.5) is 0 Å². The first kappa shape index (κ1) is 13.8. The molecule has 0 aliphatic carbocycles. The van der Waals surface area contributed by atoms with Crippen molar-refractivity contribution in [2.45, 2.75) is 4.90 Å². The molecule has 3 rings (SSSR count). The zero-order valence-corrected chi connectivity index (χ0v) is 12.6. The van der Waals surface area contributed by atoms with Crippen molar-refractivity contribution < 1.29 is 14.3 Å². The predicted octanol–water partition coefficient (Wildman–Crippen LogP) is 4.03. The zero-order chi connectivity index (χ0) is 14.8. The van der Waals surface area contributed by atoms with Crippen molar-refractivity contribution in [2.75, 3.05) is 14.2 Å². The summed E-state index contributed by atoms with van der Waals surface area (Å²) < 4.78 is 10.6. The van der Waals surface area contributed by atoms with Crippen LogP contribution in [0.15, 0.2) is 52.3 Å². The molecule has 2 aromatic rings. The Morgan fingerprint density at radius 3 is 2.57 bits per heavy atom. The van der Waals surface area contributed by atoms with Crippen molar-refractivity contribution in [3.8, 4) is 11.5 Å². The molecule has 1 heterocycles. The molecule has 0 atom stereocenters. The Hall–Kier alpha value is -2.20. The summed E-state index contributed by atoms with van der Waals surface area (Å²) in [6.07, 6.45) is 1.86. The molecule has 0 unspecified atom stereocenters. The van der Waals surface area contributed by atoms with Crippen molar-refractivity contribution in [2.24, 2.45) is 0 Å². The standard InChI is InChI=1S/C17H14O3S/c1-19-12-7-8-14(20-2)11(9-12)10-16-17(18)13-5-3-4-6-15(13)21-16/h3-10H,1-2H3/b16-10-. The first-order chi connectivity index (χ1) is 10.2. The molecule has 0 spiro atoms. The second kappa shape index (κ2) is 5.66. The average molecular weight is 298 g/mol. The molecule has 106 valence electrons. The quantitative estimate of drug-likeness (QED) is 0.801. The van der Waals surface area contributed by atoms with Crippen molar-refractivity contribution >= 4 is 23.6 Å². The first-order valence-electron chi connectivity index (χ1n) is 6.48. The van der Waals surface area contributed by atoms with Gasteiger partial charge in [-0.3, -0.25) is 4.79 Å². The van der Waals surface area contributed by atoms with Gasteiger partial charge in [-0.1, -0.05) is 23.9 Å². The molecular formula is C17H14O3S. The molecule has 0 fully saturated rings. The number of Topliss-reactive ketones (excluding diaryl/α,β-unsaturated/α-hetero) is 1. The maximum atomic E-state index is 12.4. The van der Waals surface area contributed by atoms with E-state index in [-0.39, 0.29) is 5.78 Å². The molecule has 3 nitrogen and oxygen atoms in total. The van der Waals surface area contributed by atoms with E-state index in [1.165, 1.54) is 11.8 Å². The van der Waals surface area contributed by atoms with Gasteiger partial charge in [0, 0.05) is 16.0 Å². The summed E-state index contributed by atoms with van der Waals surface area (Å²) in [5, 5.41) is 0. The molecule has 1 aliphatic heterocycles. The number of rotatable bonds is 3. The zero-order valence-electron chi connectivity index (χ0n) is 11.8. The van der Waals surface area contributed by atoms with Crippen LogP contribution in [0.1, 0.15) is 15.9 Å². The van der Waals surface area contributed by atoms with E-state index >= 15 is 0 Å². The van der Waals surface area contributed by atoms with E-state index in [9.17, 15) is 4.79 Å². The summed E-state index contributed by atoms with van der Waals surface area (Å²) >= 11 is 1.49. The van der Waals surface area contributed by atoms with E-state index in [1.807, 2.05) is 48.5 Å². The van der Waals surface area contributed by atoms with E-state index in [2.05, 4.69) is 0 Å². The van der Waals surface area contributed by atoms with E-state index < -0.39 is 0 Å². The van der Waals surface area contributed by atoms with Crippen LogP contribution in [0, 0.1) is 0 Å². The number of methoxy groups -OCH3 is 2. The van der Waals surface area contributed by atoms with Crippen molar-refractivity contribution in [1.82, 2.24) is 0 Å². The Balaban J connectivity index is 2.02. The number of carbonyl (C=O) groups is 1. The minimum atomic E-state index is 0.0560. The number of hydrogen-bond acceptors (Lipinski definition) is 4. The number of allylic oxidation sites excluding steroid dienone is 1. The summed E-state index contributed by atoms with van der Waals surface area (Å²) in [5.41, 5.74) is 1.59. The summed E-state index contributed by atoms with van der Waals surface area (Å²) in [4.78, 5) is 14.1. The fourth-order valence-electron chi connectivity index (χ4n) is 2.23. The Kier molecular flexibility index (Phi) is 3.71. The number of thioether (sulfide) groups is 1. The number of carbonyl (C=O) groups excluding carboxylic acids is 1. The van der Waals surface area contributed by atoms with Gasteiger partial charge in [0.05, 0.1) is 19.1 Å². The summed E-state index contributed by atoms with van der Waals surface area (Å²) in [5.74, 6) is 1.50. The average Bonchev–Trinajstić information content (AvgIpc) is 2.84. The van der Waals surface area contributed by atoms with Gasteiger partial charge in [0.1, 0.15) is 11.5 Å². The largest absolute Gasteiger partial charge is 0.497 e. The lowest BCUT2D eigenvalue weighted by molar-refractivity contribution is 0.104. The highest BCUT2D eigenvalue weighted by Crippen LogP contribution is 2.41. The molecule has 0 N–H and O–H groups in total. The number of ether oxygens (including phenoxy) is 2. The Morgan fingerprint density at radius 1 is 1.05 bits per heavy atom. The summed E-state index contributed by atoms with van der Waals surface area (Å²) in [6.45, 7) is 0. The van der Waals surface area contributed by atoms with Crippen LogP contribution in [0.5, 0.6) is 11.5 Å². The predicted molar refractivity (Wildman–Crippen MR) is 84.2 cm³/mol. The SMILES string of the molecule is COc1ccc(OC)c(/C=C2\Sc3ccccc3C2=O)c1. The van der Waals surface area contributed by atoms with Gasteiger partial charge in [-0.2, -0.15) is 0 Å². The monoisotopic (exact) mass is 298 g/mol. The summed E-state index contributed by atoms with van der Waals surface area (Å²) in [7, 11) is 3.23. The normalized spacial score (nSPS) is 15.1. The van der Waals surface area contributed by atoms with Crippen molar-refractivity contribution in [3.63, 3.8) is 0 Å². The van der Waals surface area contributed by atoms with E-state index in [1.54, 1.807) is 14.2 Å². The maximum absolute atomic E-state index is 12.4. The lowest BCUT2D eigenvalue weighted by Crippen LogP contribution is -1.95. The molecule has 1 aliphatic rings. The molecule has 0 aromatic heterocycles. The molecule has 0 saturated heterocycles. The first-order valence-corrected chi connectivity index (χ1v) is 7.30. The van der Waals surface area contributed by atoms with Crippen LogP contribution in [0.3, 0.4) is 0 Å². The molecule has 0 amide bonds. The fourth-order valence-corrected chi connectivity index (χ4v) is 3.27. The van der Waals surface area contributed by atoms with Crippen LogP contribution >= 0.6 is 11.8 Å². The van der Waals surface area contributed by atoms with Gasteiger partial charge in [-0.05, 0) is 36.4 Å². The van der Waals surface area contributed by atoms with Crippen LogP contribution in [-0.4, -0.2) is 20.0 Å². The highest BCUT2D eigenvalue weighted by molar-refractivity contribution is 8.04. The van der Waals surface area contributed by atoms with Crippen LogP contribution in [-0.2, 0) is 0 Å². The molecule has 2 aromatic carbocycles. The van der Waals surface area contributed by atoms with Gasteiger partial charge in [-0.15, -0.1) is 0 Å². The van der Waals surface area contributed by atoms with Crippen LogP contribution in [0.2, 0.25) is 0 Å². The Bertz CT molecular complexity index is 735. The smallest absolute Gasteiger partial charge is 0.200 e. The van der Waals surface area contributed by atoms with E-state index in [0.717, 1.165) is 21.8 Å². The van der Waals surface area contributed by atoms with Gasteiger partial charge in [0.2, 0.25) is 5.78 Å². The molecule has 4 heteroatoms. The fraction of sp³-hybridized carbons (Fsp3) is 0.118. The molecule has 0 bridgehead atoms. The van der Waals surface area contributed by atoms with E-state index in [4.69, 9.17) is 9.47 Å². The lowest BCUT2D eigenvalue weighted by Gasteiger charge is -2.07. The molecule has 0 radical (unpaired) electrons. The number of benzene rings is 2. The number of fused-ring (bicyclic) bond motifs is 1. The van der Waals surface area contributed by atoms with Gasteiger partial charge < -0.3 is 9.47 Å². The van der Waals surface area contributed by atoms with Gasteiger partial charge >= 0.3 is 0 Å². The van der Waals surface area contributed by atoms with Crippen LogP contribution in [0.25, 0.3) is 6.08 Å².